The Morgan fingerprint density at radius 1 is 1.69 bits per heavy atom. The smallest absolute Gasteiger partial charge is 0.330 e. The number of likely N-dealkylation sites (N-methyl/N-ethyl adjacent to an activating group) is 1. The van der Waals surface area contributed by atoms with Crippen molar-refractivity contribution in [2.24, 2.45) is 0 Å². The highest BCUT2D eigenvalue weighted by Crippen LogP contribution is 2.13. The van der Waals surface area contributed by atoms with Crippen LogP contribution < -0.4 is 0 Å². The van der Waals surface area contributed by atoms with Crippen molar-refractivity contribution in [2.75, 3.05) is 26.7 Å². The number of carbonyl (C=O) groups is 1. The Morgan fingerprint density at radius 3 is 3.08 bits per heavy atom. The van der Waals surface area contributed by atoms with Gasteiger partial charge < -0.3 is 9.64 Å². The fourth-order valence-electron chi connectivity index (χ4n) is 1.55. The van der Waals surface area contributed by atoms with Crippen LogP contribution in [0.4, 0.5) is 0 Å². The summed E-state index contributed by atoms with van der Waals surface area (Å²) in [5.41, 5.74) is 1.19. The summed E-state index contributed by atoms with van der Waals surface area (Å²) in [6.45, 7) is 4.31. The first kappa shape index (κ1) is 10.3. The lowest BCUT2D eigenvalue weighted by Crippen LogP contribution is -2.27. The minimum Gasteiger partial charge on any atom is -0.463 e. The van der Waals surface area contributed by atoms with Gasteiger partial charge >= 0.3 is 5.97 Å². The lowest BCUT2D eigenvalue weighted by molar-refractivity contribution is -0.137. The van der Waals surface area contributed by atoms with E-state index in [1.54, 1.807) is 6.08 Å². The van der Waals surface area contributed by atoms with Gasteiger partial charge in [0.1, 0.15) is 0 Å². The largest absolute Gasteiger partial charge is 0.463 e. The van der Waals surface area contributed by atoms with Gasteiger partial charge in [0.05, 0.1) is 6.61 Å². The van der Waals surface area contributed by atoms with Crippen molar-refractivity contribution >= 4 is 5.97 Å². The molecule has 0 radical (unpaired) electrons. The molecule has 0 atom stereocenters. The maximum atomic E-state index is 11.1. The first-order valence-corrected chi connectivity index (χ1v) is 4.77. The summed E-state index contributed by atoms with van der Waals surface area (Å²) in [7, 11) is 2.07. The van der Waals surface area contributed by atoms with Crippen LogP contribution in [0.1, 0.15) is 19.8 Å². The molecule has 1 saturated heterocycles. The maximum Gasteiger partial charge on any atom is 0.330 e. The third-order valence-electron chi connectivity index (χ3n) is 2.12. The molecular formula is C10H17NO2. The maximum absolute atomic E-state index is 11.1. The molecule has 0 aliphatic carbocycles. The number of carbonyl (C=O) groups excluding carboxylic acids is 1. The van der Waals surface area contributed by atoms with Gasteiger partial charge in [0.15, 0.2) is 0 Å². The standard InChI is InChI=1S/C10H17NO2/c1-3-13-10(12)7-9-5-4-6-11(2)8-9/h7H,3-6,8H2,1-2H3/b9-7+. The molecule has 0 spiro atoms. The molecule has 0 unspecified atom stereocenters. The number of hydrogen-bond acceptors (Lipinski definition) is 3. The summed E-state index contributed by atoms with van der Waals surface area (Å²) in [6, 6.07) is 0. The van der Waals surface area contributed by atoms with Gasteiger partial charge in [-0.05, 0) is 38.9 Å². The Bertz CT molecular complexity index is 211. The van der Waals surface area contributed by atoms with Crippen LogP contribution in [0.25, 0.3) is 0 Å². The minimum atomic E-state index is -0.201. The lowest BCUT2D eigenvalue weighted by Gasteiger charge is -2.23. The highest BCUT2D eigenvalue weighted by molar-refractivity contribution is 5.82. The zero-order chi connectivity index (χ0) is 9.68. The molecule has 1 heterocycles. The quantitative estimate of drug-likeness (QED) is 0.476. The zero-order valence-electron chi connectivity index (χ0n) is 8.38. The normalized spacial score (nSPS) is 21.8. The Labute approximate surface area is 79.4 Å². The van der Waals surface area contributed by atoms with Crippen molar-refractivity contribution in [2.45, 2.75) is 19.8 Å². The number of likely N-dealkylation sites (tertiary alicyclic amines) is 1. The van der Waals surface area contributed by atoms with Crippen LogP contribution in [-0.4, -0.2) is 37.6 Å². The van der Waals surface area contributed by atoms with Gasteiger partial charge in [-0.3, -0.25) is 0 Å². The zero-order valence-corrected chi connectivity index (χ0v) is 8.38. The highest BCUT2D eigenvalue weighted by Gasteiger charge is 2.11. The summed E-state index contributed by atoms with van der Waals surface area (Å²) in [4.78, 5) is 13.3. The van der Waals surface area contributed by atoms with Crippen molar-refractivity contribution in [3.8, 4) is 0 Å². The van der Waals surface area contributed by atoms with Crippen LogP contribution in [0, 0.1) is 0 Å². The average molecular weight is 183 g/mol. The summed E-state index contributed by atoms with van der Waals surface area (Å²) >= 11 is 0. The van der Waals surface area contributed by atoms with E-state index in [1.807, 2.05) is 6.92 Å². The molecule has 13 heavy (non-hydrogen) atoms. The van der Waals surface area contributed by atoms with Crippen LogP contribution in [0.2, 0.25) is 0 Å². The van der Waals surface area contributed by atoms with Crippen LogP contribution in [-0.2, 0) is 9.53 Å². The van der Waals surface area contributed by atoms with Crippen LogP contribution >= 0.6 is 0 Å². The first-order valence-electron chi connectivity index (χ1n) is 4.77. The van der Waals surface area contributed by atoms with Gasteiger partial charge in [-0.1, -0.05) is 0 Å². The SMILES string of the molecule is CCOC(=O)/C=C1\CCCN(C)C1. The third kappa shape index (κ3) is 3.59. The number of piperidine rings is 1. The van der Waals surface area contributed by atoms with E-state index in [4.69, 9.17) is 4.74 Å². The lowest BCUT2D eigenvalue weighted by atomic mass is 10.1. The number of ether oxygens (including phenoxy) is 1. The summed E-state index contributed by atoms with van der Waals surface area (Å²) in [6.07, 6.45) is 3.81. The molecule has 0 saturated carbocycles. The second kappa shape index (κ2) is 5.02. The number of hydrogen-bond donors (Lipinski definition) is 0. The minimum absolute atomic E-state index is 0.201. The van der Waals surface area contributed by atoms with E-state index in [0.717, 1.165) is 25.9 Å². The first-order chi connectivity index (χ1) is 6.22. The van der Waals surface area contributed by atoms with E-state index in [9.17, 15) is 4.79 Å². The van der Waals surface area contributed by atoms with E-state index in [1.165, 1.54) is 5.57 Å². The molecule has 0 bridgehead atoms. The van der Waals surface area contributed by atoms with E-state index in [0.29, 0.717) is 6.61 Å². The Hall–Kier alpha value is -0.830. The van der Waals surface area contributed by atoms with Crippen molar-refractivity contribution in [1.82, 2.24) is 4.90 Å². The van der Waals surface area contributed by atoms with E-state index < -0.39 is 0 Å². The van der Waals surface area contributed by atoms with E-state index in [2.05, 4.69) is 11.9 Å². The van der Waals surface area contributed by atoms with Crippen LogP contribution in [0.3, 0.4) is 0 Å². The Kier molecular flexibility index (Phi) is 3.96. The van der Waals surface area contributed by atoms with Crippen molar-refractivity contribution in [3.05, 3.63) is 11.6 Å². The van der Waals surface area contributed by atoms with Crippen molar-refractivity contribution in [1.29, 1.82) is 0 Å². The number of nitrogens with zero attached hydrogens (tertiary/aromatic N) is 1. The fourth-order valence-corrected chi connectivity index (χ4v) is 1.55. The van der Waals surface area contributed by atoms with E-state index in [-0.39, 0.29) is 5.97 Å². The van der Waals surface area contributed by atoms with Gasteiger partial charge in [0, 0.05) is 12.6 Å². The second-order valence-corrected chi connectivity index (χ2v) is 3.40. The van der Waals surface area contributed by atoms with Gasteiger partial charge in [-0.25, -0.2) is 4.79 Å². The molecule has 1 aliphatic rings. The van der Waals surface area contributed by atoms with Gasteiger partial charge in [0.25, 0.3) is 0 Å². The molecule has 1 fully saturated rings. The monoisotopic (exact) mass is 183 g/mol. The predicted molar refractivity (Wildman–Crippen MR) is 51.4 cm³/mol. The highest BCUT2D eigenvalue weighted by atomic mass is 16.5. The third-order valence-corrected chi connectivity index (χ3v) is 2.12. The molecule has 0 N–H and O–H groups in total. The number of rotatable bonds is 2. The van der Waals surface area contributed by atoms with Crippen LogP contribution in [0.5, 0.6) is 0 Å². The topological polar surface area (TPSA) is 29.5 Å². The van der Waals surface area contributed by atoms with Gasteiger partial charge in [-0.2, -0.15) is 0 Å². The summed E-state index contributed by atoms with van der Waals surface area (Å²) in [5, 5.41) is 0. The van der Waals surface area contributed by atoms with Gasteiger partial charge in [-0.15, -0.1) is 0 Å². The molecule has 0 amide bonds. The molecule has 0 aromatic rings. The predicted octanol–water partition coefficient (Wildman–Crippen LogP) is 1.20. The van der Waals surface area contributed by atoms with E-state index >= 15 is 0 Å². The number of esters is 1. The average Bonchev–Trinajstić information content (AvgIpc) is 2.04. The summed E-state index contributed by atoms with van der Waals surface area (Å²) < 4.78 is 4.85. The molecule has 3 heteroatoms. The molecule has 0 aromatic carbocycles. The summed E-state index contributed by atoms with van der Waals surface area (Å²) in [5.74, 6) is -0.201. The molecule has 74 valence electrons. The molecular weight excluding hydrogens is 166 g/mol. The molecule has 3 nitrogen and oxygen atoms in total. The van der Waals surface area contributed by atoms with Crippen molar-refractivity contribution in [3.63, 3.8) is 0 Å². The molecule has 1 rings (SSSR count). The molecule has 0 aromatic heterocycles. The second-order valence-electron chi connectivity index (χ2n) is 3.40. The Morgan fingerprint density at radius 2 is 2.46 bits per heavy atom. The Balaban J connectivity index is 2.44. The van der Waals surface area contributed by atoms with Crippen molar-refractivity contribution < 1.29 is 9.53 Å². The molecule has 1 aliphatic heterocycles. The fraction of sp³-hybridized carbons (Fsp3) is 0.700. The van der Waals surface area contributed by atoms with Crippen LogP contribution in [0.15, 0.2) is 11.6 Å². The van der Waals surface area contributed by atoms with Gasteiger partial charge in [0.2, 0.25) is 0 Å².